The van der Waals surface area contributed by atoms with E-state index in [9.17, 15) is 13.2 Å². The maximum absolute atomic E-state index is 12.3. The smallest absolute Gasteiger partial charge is 0.232 e. The van der Waals surface area contributed by atoms with Gasteiger partial charge in [-0.1, -0.05) is 6.07 Å². The van der Waals surface area contributed by atoms with Crippen LogP contribution < -0.4 is 19.1 Å². The van der Waals surface area contributed by atoms with Gasteiger partial charge in [-0.15, -0.1) is 0 Å². The van der Waals surface area contributed by atoms with Crippen LogP contribution >= 0.6 is 0 Å². The van der Waals surface area contributed by atoms with Crippen molar-refractivity contribution in [1.82, 2.24) is 5.32 Å². The van der Waals surface area contributed by atoms with Crippen LogP contribution in [0, 0.1) is 13.8 Å². The van der Waals surface area contributed by atoms with Crippen molar-refractivity contribution in [3.8, 4) is 11.5 Å². The fraction of sp³-hybridized carbons (Fsp3) is 0.435. The molecule has 0 heterocycles. The van der Waals surface area contributed by atoms with Crippen molar-refractivity contribution >= 4 is 21.6 Å². The summed E-state index contributed by atoms with van der Waals surface area (Å²) in [7, 11) is -1.84. The molecule has 0 saturated carbocycles. The molecule has 0 fully saturated rings. The number of amides is 1. The second-order valence-electron chi connectivity index (χ2n) is 7.66. The highest BCUT2D eigenvalue weighted by Gasteiger charge is 2.18. The third kappa shape index (κ3) is 7.79. The molecule has 170 valence electrons. The number of hydrogen-bond acceptors (Lipinski definition) is 5. The number of hydrogen-bond donors (Lipinski definition) is 1. The highest BCUT2D eigenvalue weighted by molar-refractivity contribution is 7.92. The molecule has 0 bridgehead atoms. The van der Waals surface area contributed by atoms with Gasteiger partial charge in [0.2, 0.25) is 15.9 Å². The molecule has 0 spiro atoms. The first kappa shape index (κ1) is 24.5. The lowest BCUT2D eigenvalue weighted by Crippen LogP contribution is -2.37. The molecular weight excluding hydrogens is 416 g/mol. The van der Waals surface area contributed by atoms with Crippen LogP contribution in [0.3, 0.4) is 0 Å². The van der Waals surface area contributed by atoms with Gasteiger partial charge < -0.3 is 14.8 Å². The summed E-state index contributed by atoms with van der Waals surface area (Å²) in [5.74, 6) is 1.30. The maximum Gasteiger partial charge on any atom is 0.232 e. The van der Waals surface area contributed by atoms with Crippen molar-refractivity contribution in [2.24, 2.45) is 0 Å². The number of carbonyl (C=O) groups excluding carboxylic acids is 1. The van der Waals surface area contributed by atoms with Crippen LogP contribution in [-0.4, -0.2) is 46.9 Å². The predicted molar refractivity (Wildman–Crippen MR) is 123 cm³/mol. The number of methoxy groups -OCH3 is 1. The van der Waals surface area contributed by atoms with Gasteiger partial charge in [0.05, 0.1) is 25.1 Å². The lowest BCUT2D eigenvalue weighted by molar-refractivity contribution is -0.121. The van der Waals surface area contributed by atoms with Crippen molar-refractivity contribution < 1.29 is 22.7 Å². The van der Waals surface area contributed by atoms with Gasteiger partial charge in [0.15, 0.2) is 0 Å². The number of anilines is 1. The summed E-state index contributed by atoms with van der Waals surface area (Å²) in [6.07, 6.45) is 1.82. The molecule has 0 saturated heterocycles. The molecule has 0 aliphatic heterocycles. The molecule has 0 aliphatic carbocycles. The molecule has 0 aromatic heterocycles. The van der Waals surface area contributed by atoms with Gasteiger partial charge in [-0.3, -0.25) is 9.10 Å². The van der Waals surface area contributed by atoms with Gasteiger partial charge >= 0.3 is 0 Å². The molecule has 1 N–H and O–H groups in total. The number of nitrogens with zero attached hydrogens (tertiary/aromatic N) is 1. The first-order chi connectivity index (χ1) is 14.6. The first-order valence-electron chi connectivity index (χ1n) is 10.2. The molecule has 2 rings (SSSR count). The summed E-state index contributed by atoms with van der Waals surface area (Å²) in [4.78, 5) is 12.3. The average Bonchev–Trinajstić information content (AvgIpc) is 2.71. The third-order valence-electron chi connectivity index (χ3n) is 4.91. The Morgan fingerprint density at radius 3 is 2.29 bits per heavy atom. The van der Waals surface area contributed by atoms with E-state index in [2.05, 4.69) is 5.32 Å². The quantitative estimate of drug-likeness (QED) is 0.569. The van der Waals surface area contributed by atoms with Crippen LogP contribution in [0.1, 0.15) is 30.9 Å². The predicted octanol–water partition coefficient (Wildman–Crippen LogP) is 3.44. The Bertz CT molecular complexity index is 974. The average molecular weight is 449 g/mol. The fourth-order valence-corrected chi connectivity index (χ4v) is 3.99. The topological polar surface area (TPSA) is 84.9 Å². The number of aryl methyl sites for hydroxylation is 2. The molecule has 2 aromatic rings. The standard InChI is InChI=1S/C23H32N2O5S/c1-17-8-9-20(15-18(17)2)25(31(5,27)28)14-6-7-23(26)24-19(3)16-30-22-12-10-21(29-4)11-13-22/h8-13,15,19H,6-7,14,16H2,1-5H3,(H,24,26). The summed E-state index contributed by atoms with van der Waals surface area (Å²) >= 11 is 0. The molecule has 0 aliphatic rings. The van der Waals surface area contributed by atoms with Gasteiger partial charge in [0.25, 0.3) is 0 Å². The molecule has 7 nitrogen and oxygen atoms in total. The van der Waals surface area contributed by atoms with Crippen LogP contribution in [-0.2, 0) is 14.8 Å². The fourth-order valence-electron chi connectivity index (χ4n) is 3.03. The summed E-state index contributed by atoms with van der Waals surface area (Å²) in [6, 6.07) is 12.6. The van der Waals surface area contributed by atoms with Gasteiger partial charge in [0, 0.05) is 13.0 Å². The van der Waals surface area contributed by atoms with Crippen molar-refractivity contribution in [2.75, 3.05) is 30.8 Å². The Morgan fingerprint density at radius 2 is 1.71 bits per heavy atom. The summed E-state index contributed by atoms with van der Waals surface area (Å²) < 4.78 is 36.6. The van der Waals surface area contributed by atoms with Crippen LogP contribution in [0.5, 0.6) is 11.5 Å². The highest BCUT2D eigenvalue weighted by Crippen LogP contribution is 2.22. The van der Waals surface area contributed by atoms with Gasteiger partial charge in [-0.05, 0) is 74.7 Å². The Labute approximate surface area is 185 Å². The van der Waals surface area contributed by atoms with Crippen LogP contribution in [0.25, 0.3) is 0 Å². The monoisotopic (exact) mass is 448 g/mol. The molecule has 8 heteroatoms. The third-order valence-corrected chi connectivity index (χ3v) is 6.10. The minimum atomic E-state index is -3.44. The molecule has 31 heavy (non-hydrogen) atoms. The van der Waals surface area contributed by atoms with E-state index < -0.39 is 10.0 Å². The molecular formula is C23H32N2O5S. The number of carbonyl (C=O) groups is 1. The zero-order valence-corrected chi connectivity index (χ0v) is 19.7. The Morgan fingerprint density at radius 1 is 1.06 bits per heavy atom. The molecule has 1 unspecified atom stereocenters. The van der Waals surface area contributed by atoms with Crippen molar-refractivity contribution in [2.45, 2.75) is 39.7 Å². The number of ether oxygens (including phenoxy) is 2. The van der Waals surface area contributed by atoms with E-state index in [4.69, 9.17) is 9.47 Å². The summed E-state index contributed by atoms with van der Waals surface area (Å²) in [5, 5.41) is 2.88. The first-order valence-corrected chi connectivity index (χ1v) is 12.1. The summed E-state index contributed by atoms with van der Waals surface area (Å²) in [5.41, 5.74) is 2.74. The van der Waals surface area contributed by atoms with Gasteiger partial charge in [0.1, 0.15) is 18.1 Å². The largest absolute Gasteiger partial charge is 0.497 e. The zero-order valence-electron chi connectivity index (χ0n) is 18.8. The molecule has 0 radical (unpaired) electrons. The molecule has 1 amide bonds. The number of benzene rings is 2. The van der Waals surface area contributed by atoms with Crippen LogP contribution in [0.4, 0.5) is 5.69 Å². The van der Waals surface area contributed by atoms with E-state index in [1.165, 1.54) is 10.6 Å². The highest BCUT2D eigenvalue weighted by atomic mass is 32.2. The number of rotatable bonds is 11. The Kier molecular flexibility index (Phi) is 8.74. The van der Waals surface area contributed by atoms with E-state index in [0.717, 1.165) is 16.9 Å². The second kappa shape index (κ2) is 11.0. The van der Waals surface area contributed by atoms with Crippen molar-refractivity contribution in [1.29, 1.82) is 0 Å². The van der Waals surface area contributed by atoms with Gasteiger partial charge in [-0.25, -0.2) is 8.42 Å². The Hall–Kier alpha value is -2.74. The zero-order chi connectivity index (χ0) is 23.0. The maximum atomic E-state index is 12.3. The summed E-state index contributed by atoms with van der Waals surface area (Å²) in [6.45, 7) is 6.36. The van der Waals surface area contributed by atoms with E-state index in [-0.39, 0.29) is 24.9 Å². The van der Waals surface area contributed by atoms with Crippen molar-refractivity contribution in [3.05, 3.63) is 53.6 Å². The molecule has 2 aromatic carbocycles. The molecule has 1 atom stereocenters. The minimum absolute atomic E-state index is 0.139. The second-order valence-corrected chi connectivity index (χ2v) is 9.57. The number of nitrogens with one attached hydrogen (secondary N) is 1. The van der Waals surface area contributed by atoms with Crippen LogP contribution in [0.15, 0.2) is 42.5 Å². The lowest BCUT2D eigenvalue weighted by Gasteiger charge is -2.23. The SMILES string of the molecule is COc1ccc(OCC(C)NC(=O)CCCN(c2ccc(C)c(C)c2)S(C)(=O)=O)cc1. The Balaban J connectivity index is 1.82. The van der Waals surface area contributed by atoms with E-state index >= 15 is 0 Å². The van der Waals surface area contributed by atoms with Crippen molar-refractivity contribution in [3.63, 3.8) is 0 Å². The van der Waals surface area contributed by atoms with E-state index in [1.807, 2.05) is 45.0 Å². The minimum Gasteiger partial charge on any atom is -0.497 e. The van der Waals surface area contributed by atoms with Gasteiger partial charge in [-0.2, -0.15) is 0 Å². The lowest BCUT2D eigenvalue weighted by atomic mass is 10.1. The normalized spacial score (nSPS) is 12.2. The number of sulfonamides is 1. The van der Waals surface area contributed by atoms with E-state index in [0.29, 0.717) is 24.5 Å². The van der Waals surface area contributed by atoms with E-state index in [1.54, 1.807) is 25.3 Å². The van der Waals surface area contributed by atoms with Crippen LogP contribution in [0.2, 0.25) is 0 Å².